The Balaban J connectivity index is 1.82. The Kier molecular flexibility index (Phi) is 4.40. The third-order valence-electron chi connectivity index (χ3n) is 3.75. The van der Waals surface area contributed by atoms with E-state index >= 15 is 0 Å². The fraction of sp³-hybridized carbons (Fsp3) is 0.357. The topological polar surface area (TPSA) is 105 Å². The molecule has 1 aliphatic rings. The minimum Gasteiger partial charge on any atom is -0.465 e. The van der Waals surface area contributed by atoms with Gasteiger partial charge in [-0.25, -0.2) is 13.2 Å². The molecule has 3 heterocycles. The second-order valence-corrected chi connectivity index (χ2v) is 8.12. The van der Waals surface area contributed by atoms with Crippen molar-refractivity contribution in [1.29, 1.82) is 5.26 Å². The average molecular weight is 366 g/mol. The van der Waals surface area contributed by atoms with Gasteiger partial charge in [-0.2, -0.15) is 14.7 Å². The van der Waals surface area contributed by atoms with Crippen molar-refractivity contribution in [2.24, 2.45) is 0 Å². The van der Waals surface area contributed by atoms with E-state index in [0.717, 1.165) is 0 Å². The number of carbonyl (C=O) groups excluding carboxylic acids is 1. The summed E-state index contributed by atoms with van der Waals surface area (Å²) in [6.07, 6.45) is 1.40. The van der Waals surface area contributed by atoms with Gasteiger partial charge in [0.05, 0.1) is 37.8 Å². The highest BCUT2D eigenvalue weighted by atomic mass is 32.2. The van der Waals surface area contributed by atoms with Gasteiger partial charge in [0.25, 0.3) is 0 Å². The summed E-state index contributed by atoms with van der Waals surface area (Å²) < 4.78 is 32.9. The van der Waals surface area contributed by atoms with Crippen LogP contribution in [-0.4, -0.2) is 42.1 Å². The number of aromatic nitrogens is 2. The van der Waals surface area contributed by atoms with E-state index in [9.17, 15) is 13.2 Å². The lowest BCUT2D eigenvalue weighted by molar-refractivity contribution is 0.0598. The lowest BCUT2D eigenvalue weighted by atomic mass is 10.2. The van der Waals surface area contributed by atoms with E-state index in [1.807, 2.05) is 6.07 Å². The van der Waals surface area contributed by atoms with Gasteiger partial charge < -0.3 is 4.74 Å². The Morgan fingerprint density at radius 2 is 2.29 bits per heavy atom. The molecule has 2 aromatic rings. The van der Waals surface area contributed by atoms with E-state index < -0.39 is 16.0 Å². The number of esters is 1. The van der Waals surface area contributed by atoms with Crippen molar-refractivity contribution in [2.45, 2.75) is 18.8 Å². The van der Waals surface area contributed by atoms with E-state index in [2.05, 4.69) is 5.10 Å². The molecule has 1 aliphatic heterocycles. The molecule has 0 spiro atoms. The summed E-state index contributed by atoms with van der Waals surface area (Å²) in [7, 11) is -2.29. The van der Waals surface area contributed by atoms with Gasteiger partial charge in [-0.3, -0.25) is 4.68 Å². The fourth-order valence-corrected chi connectivity index (χ4v) is 4.81. The van der Waals surface area contributed by atoms with Crippen LogP contribution in [0.25, 0.3) is 0 Å². The van der Waals surface area contributed by atoms with Crippen LogP contribution in [0.15, 0.2) is 17.6 Å². The maximum atomic E-state index is 12.6. The molecule has 0 radical (unpaired) electrons. The number of nitriles is 1. The van der Waals surface area contributed by atoms with Crippen molar-refractivity contribution < 1.29 is 17.9 Å². The summed E-state index contributed by atoms with van der Waals surface area (Å²) in [6, 6.07) is 3.58. The van der Waals surface area contributed by atoms with Crippen LogP contribution in [-0.2, 0) is 33.6 Å². The molecule has 8 nitrogen and oxygen atoms in total. The predicted octanol–water partition coefficient (Wildman–Crippen LogP) is 0.948. The maximum Gasteiger partial charge on any atom is 0.341 e. The Hall–Kier alpha value is -2.22. The standard InChI is InChI=1S/C14H14N4O4S2/c1-22-14(19)12-6-16-18-3-2-17(7-13(12)18)24(20,21)9-10-4-11(5-15)23-8-10/h4,6,8H,2-3,7,9H2,1H3. The lowest BCUT2D eigenvalue weighted by Gasteiger charge is -2.27. The van der Waals surface area contributed by atoms with E-state index in [0.29, 0.717) is 22.7 Å². The van der Waals surface area contributed by atoms with Gasteiger partial charge in [0.15, 0.2) is 0 Å². The zero-order valence-corrected chi connectivity index (χ0v) is 14.4. The number of nitrogens with zero attached hydrogens (tertiary/aromatic N) is 4. The van der Waals surface area contributed by atoms with Gasteiger partial charge in [0.1, 0.15) is 16.5 Å². The summed E-state index contributed by atoms with van der Waals surface area (Å²) in [5.74, 6) is -0.709. The summed E-state index contributed by atoms with van der Waals surface area (Å²) in [4.78, 5) is 12.2. The van der Waals surface area contributed by atoms with Gasteiger partial charge in [0, 0.05) is 6.54 Å². The molecule has 126 valence electrons. The molecule has 3 rings (SSSR count). The number of rotatable bonds is 4. The first-order valence-electron chi connectivity index (χ1n) is 7.03. The monoisotopic (exact) mass is 366 g/mol. The van der Waals surface area contributed by atoms with Crippen LogP contribution in [0.2, 0.25) is 0 Å². The number of fused-ring (bicyclic) bond motifs is 1. The molecule has 0 amide bonds. The third kappa shape index (κ3) is 3.06. The molecule has 0 saturated heterocycles. The summed E-state index contributed by atoms with van der Waals surface area (Å²) in [5, 5.41) is 14.6. The SMILES string of the molecule is COC(=O)c1cnn2c1CN(S(=O)(=O)Cc1csc(C#N)c1)CC2. The van der Waals surface area contributed by atoms with Crippen LogP contribution in [0.5, 0.6) is 0 Å². The fourth-order valence-electron chi connectivity index (χ4n) is 2.55. The van der Waals surface area contributed by atoms with E-state index in [-0.39, 0.29) is 24.4 Å². The number of methoxy groups -OCH3 is 1. The maximum absolute atomic E-state index is 12.6. The Morgan fingerprint density at radius 3 is 2.96 bits per heavy atom. The molecule has 2 aromatic heterocycles. The summed E-state index contributed by atoms with van der Waals surface area (Å²) in [5.41, 5.74) is 1.39. The molecule has 0 unspecified atom stereocenters. The number of ether oxygens (including phenoxy) is 1. The normalized spacial score (nSPS) is 14.8. The zero-order valence-electron chi connectivity index (χ0n) is 12.8. The molecule has 0 aromatic carbocycles. The van der Waals surface area contributed by atoms with Crippen molar-refractivity contribution >= 4 is 27.3 Å². The van der Waals surface area contributed by atoms with Gasteiger partial charge in [0.2, 0.25) is 10.0 Å². The molecule has 0 saturated carbocycles. The van der Waals surface area contributed by atoms with Crippen LogP contribution in [0.3, 0.4) is 0 Å². The van der Waals surface area contributed by atoms with Crippen molar-refractivity contribution in [3.8, 4) is 6.07 Å². The molecule has 24 heavy (non-hydrogen) atoms. The number of hydrogen-bond acceptors (Lipinski definition) is 7. The molecular weight excluding hydrogens is 352 g/mol. The van der Waals surface area contributed by atoms with Crippen LogP contribution >= 0.6 is 11.3 Å². The van der Waals surface area contributed by atoms with Crippen molar-refractivity contribution in [1.82, 2.24) is 14.1 Å². The van der Waals surface area contributed by atoms with Gasteiger partial charge in [-0.05, 0) is 17.0 Å². The van der Waals surface area contributed by atoms with Crippen molar-refractivity contribution in [3.05, 3.63) is 39.3 Å². The van der Waals surface area contributed by atoms with Crippen LogP contribution < -0.4 is 0 Å². The summed E-state index contributed by atoms with van der Waals surface area (Å²) >= 11 is 1.22. The van der Waals surface area contributed by atoms with E-state index in [1.165, 1.54) is 28.9 Å². The first kappa shape index (κ1) is 16.6. The largest absolute Gasteiger partial charge is 0.465 e. The third-order valence-corrected chi connectivity index (χ3v) is 6.43. The second kappa shape index (κ2) is 6.35. The van der Waals surface area contributed by atoms with Crippen LogP contribution in [0.1, 0.15) is 26.5 Å². The Morgan fingerprint density at radius 1 is 1.50 bits per heavy atom. The predicted molar refractivity (Wildman–Crippen MR) is 85.6 cm³/mol. The van der Waals surface area contributed by atoms with Gasteiger partial charge in [-0.1, -0.05) is 0 Å². The van der Waals surface area contributed by atoms with E-state index in [4.69, 9.17) is 10.00 Å². The first-order chi connectivity index (χ1) is 11.4. The molecule has 10 heteroatoms. The molecular formula is C14H14N4O4S2. The number of thiophene rings is 1. The quantitative estimate of drug-likeness (QED) is 0.746. The van der Waals surface area contributed by atoms with Crippen molar-refractivity contribution in [2.75, 3.05) is 13.7 Å². The molecule has 0 N–H and O–H groups in total. The average Bonchev–Trinajstić information content (AvgIpc) is 3.19. The zero-order chi connectivity index (χ0) is 17.3. The second-order valence-electron chi connectivity index (χ2n) is 5.24. The summed E-state index contributed by atoms with van der Waals surface area (Å²) in [6.45, 7) is 0.730. The number of sulfonamides is 1. The highest BCUT2D eigenvalue weighted by molar-refractivity contribution is 7.88. The highest BCUT2D eigenvalue weighted by Crippen LogP contribution is 2.23. The van der Waals surface area contributed by atoms with Crippen LogP contribution in [0, 0.1) is 11.3 Å². The molecule has 0 atom stereocenters. The first-order valence-corrected chi connectivity index (χ1v) is 9.52. The minimum atomic E-state index is -3.56. The number of carbonyl (C=O) groups is 1. The van der Waals surface area contributed by atoms with Gasteiger partial charge >= 0.3 is 5.97 Å². The minimum absolute atomic E-state index is 0.0714. The lowest BCUT2D eigenvalue weighted by Crippen LogP contribution is -2.39. The number of hydrogen-bond donors (Lipinski definition) is 0. The van der Waals surface area contributed by atoms with Gasteiger partial charge in [-0.15, -0.1) is 11.3 Å². The molecule has 0 bridgehead atoms. The highest BCUT2D eigenvalue weighted by Gasteiger charge is 2.31. The van der Waals surface area contributed by atoms with E-state index in [1.54, 1.807) is 16.1 Å². The smallest absolute Gasteiger partial charge is 0.341 e. The van der Waals surface area contributed by atoms with Crippen molar-refractivity contribution in [3.63, 3.8) is 0 Å². The molecule has 0 fully saturated rings. The Labute approximate surface area is 142 Å². The Bertz CT molecular complexity index is 923. The van der Waals surface area contributed by atoms with Crippen LogP contribution in [0.4, 0.5) is 0 Å². The molecule has 0 aliphatic carbocycles.